The molecule has 0 radical (unpaired) electrons. The standard InChI is InChI=1S/C28H27NO2/c1-3-25(31-26-19-11-16-21-13-8-10-18-24(21)26)28(30)29-27(22-14-5-4-6-15-22)23-17-9-7-12-20(23)2/h4-19,25,27H,3H2,1-2H3,(H,29,30)/t25-,27-/m0/s1. The molecule has 0 saturated heterocycles. The van der Waals surface area contributed by atoms with Crippen molar-refractivity contribution in [2.75, 3.05) is 0 Å². The SMILES string of the molecule is CC[C@H](Oc1cccc2ccccc12)C(=O)N[C@@H](c1ccccc1)c1ccccc1C. The first-order valence-corrected chi connectivity index (χ1v) is 10.7. The van der Waals surface area contributed by atoms with Gasteiger partial charge in [0.15, 0.2) is 6.10 Å². The topological polar surface area (TPSA) is 38.3 Å². The molecule has 2 atom stereocenters. The highest BCUT2D eigenvalue weighted by molar-refractivity contribution is 5.89. The third-order valence-corrected chi connectivity index (χ3v) is 5.60. The van der Waals surface area contributed by atoms with E-state index in [1.165, 1.54) is 0 Å². The number of ether oxygens (including phenoxy) is 1. The number of nitrogens with one attached hydrogen (secondary N) is 1. The normalized spacial score (nSPS) is 12.8. The number of aryl methyl sites for hydroxylation is 1. The van der Waals surface area contributed by atoms with E-state index in [4.69, 9.17) is 4.74 Å². The van der Waals surface area contributed by atoms with Gasteiger partial charge in [-0.25, -0.2) is 0 Å². The second-order valence-electron chi connectivity index (χ2n) is 7.70. The third kappa shape index (κ3) is 4.61. The van der Waals surface area contributed by atoms with Gasteiger partial charge in [0.25, 0.3) is 5.91 Å². The van der Waals surface area contributed by atoms with Crippen molar-refractivity contribution < 1.29 is 9.53 Å². The van der Waals surface area contributed by atoms with Crippen molar-refractivity contribution in [3.8, 4) is 5.75 Å². The van der Waals surface area contributed by atoms with E-state index in [0.29, 0.717) is 6.42 Å². The summed E-state index contributed by atoms with van der Waals surface area (Å²) in [5, 5.41) is 5.35. The van der Waals surface area contributed by atoms with Crippen LogP contribution in [0, 0.1) is 6.92 Å². The molecule has 0 fully saturated rings. The molecule has 0 aromatic heterocycles. The summed E-state index contributed by atoms with van der Waals surface area (Å²) in [4.78, 5) is 13.3. The van der Waals surface area contributed by atoms with Crippen molar-refractivity contribution in [2.24, 2.45) is 0 Å². The molecule has 0 unspecified atom stereocenters. The van der Waals surface area contributed by atoms with Gasteiger partial charge in [-0.2, -0.15) is 0 Å². The van der Waals surface area contributed by atoms with Crippen LogP contribution in [-0.4, -0.2) is 12.0 Å². The first-order chi connectivity index (χ1) is 15.2. The minimum atomic E-state index is -0.582. The summed E-state index contributed by atoms with van der Waals surface area (Å²) >= 11 is 0. The summed E-state index contributed by atoms with van der Waals surface area (Å²) in [6.45, 7) is 4.04. The van der Waals surface area contributed by atoms with Crippen molar-refractivity contribution in [3.05, 3.63) is 114 Å². The third-order valence-electron chi connectivity index (χ3n) is 5.60. The van der Waals surface area contributed by atoms with Gasteiger partial charge in [-0.3, -0.25) is 4.79 Å². The van der Waals surface area contributed by atoms with E-state index >= 15 is 0 Å². The lowest BCUT2D eigenvalue weighted by Crippen LogP contribution is -2.40. The molecule has 156 valence electrons. The lowest BCUT2D eigenvalue weighted by Gasteiger charge is -2.25. The van der Waals surface area contributed by atoms with Gasteiger partial charge in [-0.05, 0) is 41.5 Å². The predicted molar refractivity (Wildman–Crippen MR) is 126 cm³/mol. The Bertz CT molecular complexity index is 1160. The van der Waals surface area contributed by atoms with Crippen LogP contribution in [0.15, 0.2) is 97.1 Å². The van der Waals surface area contributed by atoms with Crippen LogP contribution < -0.4 is 10.1 Å². The Labute approximate surface area is 183 Å². The molecule has 0 spiro atoms. The smallest absolute Gasteiger partial charge is 0.261 e. The fourth-order valence-electron chi connectivity index (χ4n) is 3.91. The molecular weight excluding hydrogens is 382 g/mol. The van der Waals surface area contributed by atoms with Crippen LogP contribution >= 0.6 is 0 Å². The van der Waals surface area contributed by atoms with E-state index in [2.05, 4.69) is 24.4 Å². The Hall–Kier alpha value is -3.59. The molecule has 0 heterocycles. The number of fused-ring (bicyclic) bond motifs is 1. The predicted octanol–water partition coefficient (Wildman–Crippen LogP) is 6.21. The highest BCUT2D eigenvalue weighted by atomic mass is 16.5. The van der Waals surface area contributed by atoms with E-state index < -0.39 is 6.10 Å². The lowest BCUT2D eigenvalue weighted by molar-refractivity contribution is -0.128. The number of amides is 1. The molecule has 0 aliphatic heterocycles. The van der Waals surface area contributed by atoms with Gasteiger partial charge in [0.2, 0.25) is 0 Å². The zero-order valence-corrected chi connectivity index (χ0v) is 17.9. The van der Waals surface area contributed by atoms with Crippen LogP contribution in [0.25, 0.3) is 10.8 Å². The number of benzene rings is 4. The van der Waals surface area contributed by atoms with Crippen molar-refractivity contribution in [3.63, 3.8) is 0 Å². The second kappa shape index (κ2) is 9.48. The second-order valence-corrected chi connectivity index (χ2v) is 7.70. The zero-order valence-electron chi connectivity index (χ0n) is 17.9. The van der Waals surface area contributed by atoms with Crippen molar-refractivity contribution in [1.82, 2.24) is 5.32 Å². The maximum atomic E-state index is 13.3. The van der Waals surface area contributed by atoms with Crippen LogP contribution in [0.4, 0.5) is 0 Å². The van der Waals surface area contributed by atoms with Gasteiger partial charge < -0.3 is 10.1 Å². The van der Waals surface area contributed by atoms with Crippen LogP contribution in [0.5, 0.6) is 5.75 Å². The van der Waals surface area contributed by atoms with Gasteiger partial charge in [0.05, 0.1) is 6.04 Å². The van der Waals surface area contributed by atoms with Gasteiger partial charge in [0, 0.05) is 5.39 Å². The van der Waals surface area contributed by atoms with Gasteiger partial charge in [-0.1, -0.05) is 97.9 Å². The van der Waals surface area contributed by atoms with Crippen molar-refractivity contribution >= 4 is 16.7 Å². The Balaban J connectivity index is 1.62. The Morgan fingerprint density at radius 2 is 1.52 bits per heavy atom. The minimum absolute atomic E-state index is 0.118. The largest absolute Gasteiger partial charge is 0.480 e. The van der Waals surface area contributed by atoms with Crippen LogP contribution in [0.2, 0.25) is 0 Å². The van der Waals surface area contributed by atoms with Crippen LogP contribution in [0.1, 0.15) is 36.1 Å². The highest BCUT2D eigenvalue weighted by Crippen LogP contribution is 2.28. The summed E-state index contributed by atoms with van der Waals surface area (Å²) in [5.41, 5.74) is 3.27. The molecule has 1 N–H and O–H groups in total. The minimum Gasteiger partial charge on any atom is -0.480 e. The fraction of sp³-hybridized carbons (Fsp3) is 0.179. The Morgan fingerprint density at radius 3 is 2.29 bits per heavy atom. The molecule has 31 heavy (non-hydrogen) atoms. The molecule has 0 saturated carbocycles. The summed E-state index contributed by atoms with van der Waals surface area (Å²) < 4.78 is 6.23. The molecule has 4 aromatic rings. The number of carbonyl (C=O) groups is 1. The molecule has 3 heteroatoms. The van der Waals surface area contributed by atoms with Crippen LogP contribution in [0.3, 0.4) is 0 Å². The summed E-state index contributed by atoms with van der Waals surface area (Å²) in [6.07, 6.45) is -0.00863. The fourth-order valence-corrected chi connectivity index (χ4v) is 3.91. The molecule has 0 aliphatic carbocycles. The molecule has 4 rings (SSSR count). The monoisotopic (exact) mass is 409 g/mol. The lowest BCUT2D eigenvalue weighted by atomic mass is 9.94. The summed E-state index contributed by atoms with van der Waals surface area (Å²) in [7, 11) is 0. The molecule has 1 amide bonds. The number of rotatable bonds is 7. The number of hydrogen-bond acceptors (Lipinski definition) is 2. The van der Waals surface area contributed by atoms with E-state index in [1.54, 1.807) is 0 Å². The zero-order chi connectivity index (χ0) is 21.6. The highest BCUT2D eigenvalue weighted by Gasteiger charge is 2.25. The van der Waals surface area contributed by atoms with Crippen molar-refractivity contribution in [2.45, 2.75) is 32.4 Å². The molecule has 0 bridgehead atoms. The average molecular weight is 410 g/mol. The summed E-state index contributed by atoms with van der Waals surface area (Å²) in [6, 6.07) is 32.0. The summed E-state index contributed by atoms with van der Waals surface area (Å²) in [5.74, 6) is 0.611. The van der Waals surface area contributed by atoms with Gasteiger partial charge in [-0.15, -0.1) is 0 Å². The van der Waals surface area contributed by atoms with Crippen molar-refractivity contribution in [1.29, 1.82) is 0 Å². The maximum absolute atomic E-state index is 13.3. The van der Waals surface area contributed by atoms with E-state index in [9.17, 15) is 4.79 Å². The first-order valence-electron chi connectivity index (χ1n) is 10.7. The molecule has 0 aliphatic rings. The van der Waals surface area contributed by atoms with Gasteiger partial charge in [0.1, 0.15) is 5.75 Å². The average Bonchev–Trinajstić information content (AvgIpc) is 2.82. The first kappa shape index (κ1) is 20.7. The Morgan fingerprint density at radius 1 is 0.839 bits per heavy atom. The Kier molecular flexibility index (Phi) is 6.32. The van der Waals surface area contributed by atoms with E-state index in [1.807, 2.05) is 91.9 Å². The number of carbonyl (C=O) groups excluding carboxylic acids is 1. The molecule has 4 aromatic carbocycles. The van der Waals surface area contributed by atoms with E-state index in [0.717, 1.165) is 33.2 Å². The van der Waals surface area contributed by atoms with Gasteiger partial charge >= 0.3 is 0 Å². The maximum Gasteiger partial charge on any atom is 0.261 e. The number of hydrogen-bond donors (Lipinski definition) is 1. The van der Waals surface area contributed by atoms with E-state index in [-0.39, 0.29) is 11.9 Å². The molecular formula is C28H27NO2. The van der Waals surface area contributed by atoms with Crippen LogP contribution in [-0.2, 0) is 4.79 Å². The quantitative estimate of drug-likeness (QED) is 0.394. The molecule has 3 nitrogen and oxygen atoms in total.